The molecule has 0 heterocycles. The average molecular weight is 266 g/mol. The van der Waals surface area contributed by atoms with Crippen LogP contribution in [0.3, 0.4) is 0 Å². The Labute approximate surface area is 116 Å². The van der Waals surface area contributed by atoms with Gasteiger partial charge in [0.05, 0.1) is 5.92 Å². The summed E-state index contributed by atoms with van der Waals surface area (Å²) < 4.78 is 0. The minimum absolute atomic E-state index is 0.0116. The van der Waals surface area contributed by atoms with E-state index in [1.807, 2.05) is 20.8 Å². The number of likely N-dealkylation sites (N-methyl/N-ethyl adjacent to an activating group) is 1. The normalized spacial score (nSPS) is 25.2. The third-order valence-corrected chi connectivity index (χ3v) is 3.81. The molecule has 1 rings (SSSR count). The van der Waals surface area contributed by atoms with Crippen molar-refractivity contribution in [1.82, 2.24) is 10.6 Å². The first-order chi connectivity index (χ1) is 8.71. The van der Waals surface area contributed by atoms with Crippen LogP contribution in [0.1, 0.15) is 41.5 Å². The topological polar surface area (TPSA) is 58.2 Å². The van der Waals surface area contributed by atoms with E-state index >= 15 is 0 Å². The van der Waals surface area contributed by atoms with Crippen LogP contribution in [0.5, 0.6) is 0 Å². The molecule has 0 saturated heterocycles. The Kier molecular flexibility index (Phi) is 4.77. The van der Waals surface area contributed by atoms with E-state index in [9.17, 15) is 9.59 Å². The molecule has 1 aliphatic carbocycles. The molecule has 0 unspecified atom stereocenters. The molecule has 3 atom stereocenters. The lowest BCUT2D eigenvalue weighted by molar-refractivity contribution is -0.129. The molecule has 4 nitrogen and oxygen atoms in total. The molecule has 2 N–H and O–H groups in total. The quantitative estimate of drug-likeness (QED) is 0.746. The van der Waals surface area contributed by atoms with Crippen molar-refractivity contribution in [1.29, 1.82) is 0 Å². The minimum atomic E-state index is -0.476. The van der Waals surface area contributed by atoms with Crippen LogP contribution in [-0.2, 0) is 9.59 Å². The largest absolute Gasteiger partial charge is 0.355 e. The number of nitrogens with one attached hydrogen (secondary N) is 2. The van der Waals surface area contributed by atoms with Crippen LogP contribution in [0, 0.1) is 17.3 Å². The molecular formula is C15H26N2O2. The molecule has 0 aromatic carbocycles. The van der Waals surface area contributed by atoms with Gasteiger partial charge in [-0.3, -0.25) is 9.59 Å². The Bertz CT molecular complexity index is 395. The molecule has 1 fully saturated rings. The first kappa shape index (κ1) is 15.7. The van der Waals surface area contributed by atoms with Crippen molar-refractivity contribution in [2.75, 3.05) is 6.54 Å². The van der Waals surface area contributed by atoms with E-state index in [0.717, 1.165) is 0 Å². The van der Waals surface area contributed by atoms with Crippen molar-refractivity contribution in [3.63, 3.8) is 0 Å². The van der Waals surface area contributed by atoms with Gasteiger partial charge >= 0.3 is 0 Å². The average Bonchev–Trinajstić information content (AvgIpc) is 2.79. The minimum Gasteiger partial charge on any atom is -0.355 e. The monoisotopic (exact) mass is 266 g/mol. The summed E-state index contributed by atoms with van der Waals surface area (Å²) in [6, 6.07) is -0.476. The van der Waals surface area contributed by atoms with Crippen LogP contribution in [0.2, 0.25) is 0 Å². The van der Waals surface area contributed by atoms with Crippen molar-refractivity contribution in [2.24, 2.45) is 17.3 Å². The first-order valence-electron chi connectivity index (χ1n) is 6.94. The summed E-state index contributed by atoms with van der Waals surface area (Å²) in [6.45, 7) is 12.4. The number of hydrogen-bond acceptors (Lipinski definition) is 2. The predicted octanol–water partition coefficient (Wildman–Crippen LogP) is 1.87. The summed E-state index contributed by atoms with van der Waals surface area (Å²) in [5.41, 5.74) is 1.22. The van der Waals surface area contributed by atoms with Crippen molar-refractivity contribution >= 4 is 11.8 Å². The second-order valence-electron chi connectivity index (χ2n) is 6.19. The Morgan fingerprint density at radius 2 is 1.89 bits per heavy atom. The van der Waals surface area contributed by atoms with Gasteiger partial charge in [-0.2, -0.15) is 0 Å². The lowest BCUT2D eigenvalue weighted by Crippen LogP contribution is -2.45. The van der Waals surface area contributed by atoms with Gasteiger partial charge in [-0.15, -0.1) is 0 Å². The number of allylic oxidation sites excluding steroid dienone is 2. The highest BCUT2D eigenvalue weighted by Gasteiger charge is 2.60. The number of hydrogen-bond donors (Lipinski definition) is 2. The van der Waals surface area contributed by atoms with E-state index < -0.39 is 6.04 Å². The fourth-order valence-electron chi connectivity index (χ4n) is 2.54. The standard InChI is InChI=1S/C15H26N2O2/c1-7-16-13(18)10(4)17-14(19)12-11(8-9(2)3)15(12,5)6/h8,10-12H,7H2,1-6H3,(H,16,18)(H,17,19)/t10-,11-,12-/m0/s1. The molecule has 2 amide bonds. The van der Waals surface area contributed by atoms with Crippen molar-refractivity contribution in [3.05, 3.63) is 11.6 Å². The van der Waals surface area contributed by atoms with Gasteiger partial charge < -0.3 is 10.6 Å². The maximum Gasteiger partial charge on any atom is 0.242 e. The second-order valence-corrected chi connectivity index (χ2v) is 6.19. The summed E-state index contributed by atoms with van der Waals surface area (Å²) in [4.78, 5) is 23.8. The SMILES string of the molecule is CCNC(=O)[C@H](C)NC(=O)[C@@H]1[C@H](C=C(C)C)C1(C)C. The first-order valence-corrected chi connectivity index (χ1v) is 6.94. The molecule has 108 valence electrons. The van der Waals surface area contributed by atoms with Gasteiger partial charge in [0.15, 0.2) is 0 Å². The smallest absolute Gasteiger partial charge is 0.242 e. The fraction of sp³-hybridized carbons (Fsp3) is 0.733. The zero-order valence-electron chi connectivity index (χ0n) is 12.8. The van der Waals surface area contributed by atoms with Crippen molar-refractivity contribution < 1.29 is 9.59 Å². The lowest BCUT2D eigenvalue weighted by atomic mass is 10.1. The fourth-order valence-corrected chi connectivity index (χ4v) is 2.54. The summed E-state index contributed by atoms with van der Waals surface area (Å²) >= 11 is 0. The van der Waals surface area contributed by atoms with Crippen LogP contribution < -0.4 is 10.6 Å². The highest BCUT2D eigenvalue weighted by atomic mass is 16.2. The van der Waals surface area contributed by atoms with E-state index in [1.165, 1.54) is 5.57 Å². The van der Waals surface area contributed by atoms with Crippen LogP contribution in [0.15, 0.2) is 11.6 Å². The van der Waals surface area contributed by atoms with Gasteiger partial charge in [-0.25, -0.2) is 0 Å². The van der Waals surface area contributed by atoms with E-state index in [0.29, 0.717) is 6.54 Å². The van der Waals surface area contributed by atoms with Crippen LogP contribution in [0.25, 0.3) is 0 Å². The van der Waals surface area contributed by atoms with Gasteiger partial charge in [0.1, 0.15) is 6.04 Å². The molecule has 0 aliphatic heterocycles. The van der Waals surface area contributed by atoms with Gasteiger partial charge in [0.2, 0.25) is 11.8 Å². The van der Waals surface area contributed by atoms with Crippen molar-refractivity contribution in [3.8, 4) is 0 Å². The van der Waals surface area contributed by atoms with Crippen molar-refractivity contribution in [2.45, 2.75) is 47.6 Å². The second kappa shape index (κ2) is 5.76. The van der Waals surface area contributed by atoms with Gasteiger partial charge in [-0.1, -0.05) is 25.5 Å². The summed E-state index contributed by atoms with van der Waals surface area (Å²) in [7, 11) is 0. The molecule has 4 heteroatoms. The molecule has 1 aliphatic rings. The number of carbonyl (C=O) groups excluding carboxylic acids is 2. The van der Waals surface area contributed by atoms with Crippen LogP contribution in [0.4, 0.5) is 0 Å². The van der Waals surface area contributed by atoms with Crippen LogP contribution in [-0.4, -0.2) is 24.4 Å². The third-order valence-electron chi connectivity index (χ3n) is 3.81. The maximum absolute atomic E-state index is 12.2. The number of amides is 2. The van der Waals surface area contributed by atoms with Gasteiger partial charge in [0, 0.05) is 6.54 Å². The highest BCUT2D eigenvalue weighted by Crippen LogP contribution is 2.59. The molecule has 0 radical (unpaired) electrons. The maximum atomic E-state index is 12.2. The van der Waals surface area contributed by atoms with Crippen LogP contribution >= 0.6 is 0 Å². The summed E-state index contributed by atoms with van der Waals surface area (Å²) in [5, 5.41) is 5.51. The van der Waals surface area contributed by atoms with E-state index in [2.05, 4.69) is 30.6 Å². The van der Waals surface area contributed by atoms with E-state index in [-0.39, 0.29) is 29.1 Å². The molecule has 0 spiro atoms. The molecule has 0 aromatic heterocycles. The predicted molar refractivity (Wildman–Crippen MR) is 76.5 cm³/mol. The third kappa shape index (κ3) is 3.58. The zero-order chi connectivity index (χ0) is 14.8. The van der Waals surface area contributed by atoms with E-state index in [1.54, 1.807) is 6.92 Å². The Balaban J connectivity index is 2.61. The Morgan fingerprint density at radius 3 is 2.37 bits per heavy atom. The molecular weight excluding hydrogens is 240 g/mol. The Morgan fingerprint density at radius 1 is 1.32 bits per heavy atom. The number of rotatable bonds is 5. The highest BCUT2D eigenvalue weighted by molar-refractivity contribution is 5.90. The summed E-state index contributed by atoms with van der Waals surface area (Å²) in [5.74, 6) is 0.0949. The summed E-state index contributed by atoms with van der Waals surface area (Å²) in [6.07, 6.45) is 2.15. The molecule has 0 bridgehead atoms. The zero-order valence-corrected chi connectivity index (χ0v) is 12.8. The number of carbonyl (C=O) groups is 2. The van der Waals surface area contributed by atoms with E-state index in [4.69, 9.17) is 0 Å². The molecule has 0 aromatic rings. The molecule has 1 saturated carbocycles. The molecule has 19 heavy (non-hydrogen) atoms. The van der Waals surface area contributed by atoms with Gasteiger partial charge in [-0.05, 0) is 39.0 Å². The van der Waals surface area contributed by atoms with Gasteiger partial charge in [0.25, 0.3) is 0 Å². The lowest BCUT2D eigenvalue weighted by Gasteiger charge is -2.13. The Hall–Kier alpha value is -1.32.